The van der Waals surface area contributed by atoms with E-state index in [1.165, 1.54) is 6.08 Å². The fraction of sp³-hybridized carbons (Fsp3) is 0.786. The van der Waals surface area contributed by atoms with Gasteiger partial charge in [0.2, 0.25) is 12.2 Å². The Kier molecular flexibility index (Phi) is 13.0. The van der Waals surface area contributed by atoms with Crippen LogP contribution >= 0.6 is 0 Å². The van der Waals surface area contributed by atoms with Gasteiger partial charge in [-0.15, -0.1) is 0 Å². The van der Waals surface area contributed by atoms with Crippen LogP contribution in [0.4, 0.5) is 0 Å². The summed E-state index contributed by atoms with van der Waals surface area (Å²) in [6.07, 6.45) is 11.2. The van der Waals surface area contributed by atoms with Crippen molar-refractivity contribution < 1.29 is 9.59 Å². The van der Waals surface area contributed by atoms with Crippen LogP contribution in [-0.4, -0.2) is 24.7 Å². The number of aliphatic imine (C=N–C) groups is 2. The van der Waals surface area contributed by atoms with Gasteiger partial charge in [0.25, 0.3) is 0 Å². The maximum atomic E-state index is 10.3. The summed E-state index contributed by atoms with van der Waals surface area (Å²) in [6, 6.07) is 2.17. The van der Waals surface area contributed by atoms with Crippen LogP contribution in [0, 0.1) is 11.3 Å². The highest BCUT2D eigenvalue weighted by molar-refractivity contribution is 5.33. The van der Waals surface area contributed by atoms with E-state index in [2.05, 4.69) is 16.1 Å². The van der Waals surface area contributed by atoms with Gasteiger partial charge in [0.15, 0.2) is 0 Å². The number of carbonyl (C=O) groups excluding carboxylic acids is 2. The zero-order chi connectivity index (χ0) is 14.2. The third kappa shape index (κ3) is 12.5. The van der Waals surface area contributed by atoms with E-state index in [1.807, 2.05) is 0 Å². The Balaban J connectivity index is 3.65. The van der Waals surface area contributed by atoms with Gasteiger partial charge in [0.1, 0.15) is 0 Å². The monoisotopic (exact) mass is 263 g/mol. The second-order valence-corrected chi connectivity index (χ2v) is 4.45. The van der Waals surface area contributed by atoms with Crippen LogP contribution in [0.15, 0.2) is 9.98 Å². The third-order valence-electron chi connectivity index (χ3n) is 2.93. The first-order chi connectivity index (χ1) is 9.35. The van der Waals surface area contributed by atoms with E-state index >= 15 is 0 Å². The van der Waals surface area contributed by atoms with Crippen LogP contribution < -0.4 is 0 Å². The van der Waals surface area contributed by atoms with Crippen molar-refractivity contribution in [1.82, 2.24) is 0 Å². The molecule has 0 amide bonds. The second kappa shape index (κ2) is 14.3. The predicted molar refractivity (Wildman–Crippen MR) is 72.1 cm³/mol. The quantitative estimate of drug-likeness (QED) is 0.308. The highest BCUT2D eigenvalue weighted by atomic mass is 16.1. The Labute approximate surface area is 114 Å². The number of unbranched alkanes of at least 4 members (excludes halogenated alkanes) is 5. The van der Waals surface area contributed by atoms with Gasteiger partial charge in [-0.25, -0.2) is 19.6 Å². The van der Waals surface area contributed by atoms with Gasteiger partial charge in [-0.1, -0.05) is 25.7 Å². The minimum atomic E-state index is 0.0501. The SMILES string of the molecule is N#CCCCCCC(CCCCCN=C=O)N=C=O. The normalized spacial score (nSPS) is 10.9. The Morgan fingerprint density at radius 1 is 0.895 bits per heavy atom. The Morgan fingerprint density at radius 2 is 1.58 bits per heavy atom. The summed E-state index contributed by atoms with van der Waals surface area (Å²) in [5, 5.41) is 8.41. The molecule has 5 heteroatoms. The zero-order valence-electron chi connectivity index (χ0n) is 11.3. The van der Waals surface area contributed by atoms with E-state index in [1.54, 1.807) is 6.08 Å². The molecule has 1 unspecified atom stereocenters. The lowest BCUT2D eigenvalue weighted by Gasteiger charge is -2.09. The first-order valence-electron chi connectivity index (χ1n) is 6.82. The van der Waals surface area contributed by atoms with Crippen LogP contribution in [0.2, 0.25) is 0 Å². The fourth-order valence-corrected chi connectivity index (χ4v) is 1.90. The van der Waals surface area contributed by atoms with Crippen molar-refractivity contribution in [2.75, 3.05) is 6.54 Å². The van der Waals surface area contributed by atoms with Crippen molar-refractivity contribution in [3.05, 3.63) is 0 Å². The number of nitriles is 1. The second-order valence-electron chi connectivity index (χ2n) is 4.45. The van der Waals surface area contributed by atoms with Crippen molar-refractivity contribution in [2.45, 2.75) is 63.8 Å². The molecule has 0 aliphatic rings. The first-order valence-corrected chi connectivity index (χ1v) is 6.82. The van der Waals surface area contributed by atoms with Gasteiger partial charge >= 0.3 is 0 Å². The predicted octanol–water partition coefficient (Wildman–Crippen LogP) is 3.06. The minimum Gasteiger partial charge on any atom is -0.211 e. The molecular formula is C14H21N3O2. The third-order valence-corrected chi connectivity index (χ3v) is 2.93. The molecule has 0 rings (SSSR count). The molecule has 0 saturated heterocycles. The lowest BCUT2D eigenvalue weighted by atomic mass is 10.0. The molecule has 0 aromatic heterocycles. The molecule has 1 atom stereocenters. The van der Waals surface area contributed by atoms with E-state index in [-0.39, 0.29) is 6.04 Å². The van der Waals surface area contributed by atoms with E-state index in [9.17, 15) is 9.59 Å². The van der Waals surface area contributed by atoms with Gasteiger partial charge in [-0.3, -0.25) is 0 Å². The summed E-state index contributed by atoms with van der Waals surface area (Å²) >= 11 is 0. The van der Waals surface area contributed by atoms with Crippen LogP contribution in [0.25, 0.3) is 0 Å². The highest BCUT2D eigenvalue weighted by Gasteiger charge is 2.06. The molecular weight excluding hydrogens is 242 g/mol. The summed E-state index contributed by atoms with van der Waals surface area (Å²) in [6.45, 7) is 0.527. The Morgan fingerprint density at radius 3 is 2.16 bits per heavy atom. The van der Waals surface area contributed by atoms with Crippen molar-refractivity contribution in [2.24, 2.45) is 9.98 Å². The maximum absolute atomic E-state index is 10.3. The number of isocyanates is 2. The average molecular weight is 263 g/mol. The molecule has 0 aliphatic heterocycles. The van der Waals surface area contributed by atoms with Crippen LogP contribution in [0.1, 0.15) is 57.8 Å². The van der Waals surface area contributed by atoms with Gasteiger partial charge in [-0.05, 0) is 25.7 Å². The smallest absolute Gasteiger partial charge is 0.211 e. The standard InChI is InChI=1S/C14H21N3O2/c15-10-6-2-1-4-8-14(17-13-19)9-5-3-7-11-16-12-18/h14H,1-9,11H2. The molecule has 5 nitrogen and oxygen atoms in total. The number of rotatable bonds is 12. The molecule has 0 spiro atoms. The largest absolute Gasteiger partial charge is 0.235 e. The molecule has 0 aliphatic carbocycles. The van der Waals surface area contributed by atoms with Crippen molar-refractivity contribution in [1.29, 1.82) is 5.26 Å². The molecule has 0 bridgehead atoms. The molecule has 0 fully saturated rings. The van der Waals surface area contributed by atoms with Crippen LogP contribution in [0.3, 0.4) is 0 Å². The van der Waals surface area contributed by atoms with Gasteiger partial charge in [0, 0.05) is 6.42 Å². The average Bonchev–Trinajstić information content (AvgIpc) is 2.42. The topological polar surface area (TPSA) is 82.7 Å². The van der Waals surface area contributed by atoms with Crippen molar-refractivity contribution in [3.63, 3.8) is 0 Å². The van der Waals surface area contributed by atoms with Crippen molar-refractivity contribution in [3.8, 4) is 6.07 Å². The Hall–Kier alpha value is -1.75. The van der Waals surface area contributed by atoms with E-state index in [4.69, 9.17) is 5.26 Å². The molecule has 19 heavy (non-hydrogen) atoms. The van der Waals surface area contributed by atoms with E-state index < -0.39 is 0 Å². The summed E-state index contributed by atoms with van der Waals surface area (Å²) in [4.78, 5) is 27.5. The van der Waals surface area contributed by atoms with Gasteiger partial charge in [0.05, 0.1) is 18.7 Å². The lowest BCUT2D eigenvalue weighted by Crippen LogP contribution is -2.04. The molecule has 0 aromatic carbocycles. The molecule has 0 saturated carbocycles. The molecule has 104 valence electrons. The first kappa shape index (κ1) is 17.2. The summed E-state index contributed by atoms with van der Waals surface area (Å²) in [5.74, 6) is 0. The molecule has 0 heterocycles. The summed E-state index contributed by atoms with van der Waals surface area (Å²) in [5.41, 5.74) is 0. The molecule has 0 N–H and O–H groups in total. The number of nitrogens with zero attached hydrogens (tertiary/aromatic N) is 3. The molecule has 0 radical (unpaired) electrons. The Bertz CT molecular complexity index is 350. The van der Waals surface area contributed by atoms with Crippen molar-refractivity contribution >= 4 is 12.2 Å². The number of hydrogen-bond acceptors (Lipinski definition) is 5. The van der Waals surface area contributed by atoms with Gasteiger partial charge in [-0.2, -0.15) is 5.26 Å². The number of hydrogen-bond donors (Lipinski definition) is 0. The summed E-state index contributed by atoms with van der Waals surface area (Å²) < 4.78 is 0. The maximum Gasteiger partial charge on any atom is 0.235 e. The highest BCUT2D eigenvalue weighted by Crippen LogP contribution is 2.14. The van der Waals surface area contributed by atoms with E-state index in [0.29, 0.717) is 13.0 Å². The molecule has 0 aromatic rings. The van der Waals surface area contributed by atoms with Crippen LogP contribution in [0.5, 0.6) is 0 Å². The van der Waals surface area contributed by atoms with E-state index in [0.717, 1.165) is 51.4 Å². The van der Waals surface area contributed by atoms with Gasteiger partial charge < -0.3 is 0 Å². The lowest BCUT2D eigenvalue weighted by molar-refractivity contribution is 0.491. The minimum absolute atomic E-state index is 0.0501. The zero-order valence-corrected chi connectivity index (χ0v) is 11.3. The van der Waals surface area contributed by atoms with Crippen LogP contribution in [-0.2, 0) is 9.59 Å². The fourth-order valence-electron chi connectivity index (χ4n) is 1.90. The summed E-state index contributed by atoms with van der Waals surface area (Å²) in [7, 11) is 0.